The molecule has 0 fully saturated rings. The quantitative estimate of drug-likeness (QED) is 0.122. The monoisotopic (exact) mass is 1020 g/mol. The second kappa shape index (κ2) is 20.8. The summed E-state index contributed by atoms with van der Waals surface area (Å²) in [4.78, 5) is 14.9. The van der Waals surface area contributed by atoms with Gasteiger partial charge in [-0.25, -0.2) is 9.97 Å². The van der Waals surface area contributed by atoms with Gasteiger partial charge in [-0.3, -0.25) is 0 Å². The Balaban J connectivity index is 0.864. The molecular weight excluding hydrogens is 959 g/mol. The molecule has 11 aromatic carbocycles. The van der Waals surface area contributed by atoms with Crippen molar-refractivity contribution in [1.82, 2.24) is 14.5 Å². The Hall–Kier alpha value is -10.1. The van der Waals surface area contributed by atoms with Crippen LogP contribution in [-0.2, 0) is 0 Å². The fraction of sp³-hybridized carbons (Fsp3) is 0.0541. The first-order valence-electron chi connectivity index (χ1n) is 27.0. The highest BCUT2D eigenvalue weighted by atomic mass is 15.1. The summed E-state index contributed by atoms with van der Waals surface area (Å²) >= 11 is 0. The third kappa shape index (κ3) is 9.53. The molecule has 0 aliphatic rings. The smallest absolute Gasteiger partial charge is 0.160 e. The average molecular weight is 1020 g/mol. The van der Waals surface area contributed by atoms with Crippen molar-refractivity contribution >= 4 is 55.9 Å². The van der Waals surface area contributed by atoms with Crippen molar-refractivity contribution in [3.05, 3.63) is 295 Å². The van der Waals surface area contributed by atoms with Crippen molar-refractivity contribution < 1.29 is 0 Å². The maximum absolute atomic E-state index is 5.14. The normalized spacial score (nSPS) is 11.3. The lowest BCUT2D eigenvalue weighted by atomic mass is 9.91. The zero-order valence-corrected chi connectivity index (χ0v) is 44.7. The fourth-order valence-corrected chi connectivity index (χ4v) is 11.3. The lowest BCUT2D eigenvalue weighted by Crippen LogP contribution is -2.09. The standard InChI is InChI=1S/C74H57N5/c1-50-19-17-21-57(43-50)71-49-70(75-74(76-71)58-22-18-20-51(2)44-58)56-33-31-54(32-34-56)66-45-53(4)67(46-52(66)3)55-35-37-63(38-36-55)79-72-41-39-64(77(59-23-9-5-10-24-59)60-25-11-6-12-26-60)47-68(72)69-48-65(40-42-73(69)79)78(61-27-13-7-14-28-61)62-29-15-8-16-30-62/h5-49H,1-4H3. The maximum atomic E-state index is 5.14. The van der Waals surface area contributed by atoms with Crippen LogP contribution in [0.25, 0.3) is 83.6 Å². The van der Waals surface area contributed by atoms with Crippen molar-refractivity contribution in [3.8, 4) is 61.8 Å². The minimum absolute atomic E-state index is 0.722. The van der Waals surface area contributed by atoms with Gasteiger partial charge in [0.25, 0.3) is 0 Å². The minimum atomic E-state index is 0.722. The minimum Gasteiger partial charge on any atom is -0.310 e. The molecule has 0 radical (unpaired) electrons. The van der Waals surface area contributed by atoms with Crippen molar-refractivity contribution in [2.45, 2.75) is 27.7 Å². The predicted octanol–water partition coefficient (Wildman–Crippen LogP) is 20.1. The van der Waals surface area contributed by atoms with E-state index in [0.717, 1.165) is 84.7 Å². The average Bonchev–Trinajstić information content (AvgIpc) is 3.81. The van der Waals surface area contributed by atoms with Crippen LogP contribution in [0, 0.1) is 27.7 Å². The van der Waals surface area contributed by atoms with E-state index in [2.05, 4.69) is 315 Å². The number of nitrogens with zero attached hydrogens (tertiary/aromatic N) is 5. The third-order valence-corrected chi connectivity index (χ3v) is 15.1. The Labute approximate surface area is 462 Å². The molecule has 0 saturated carbocycles. The highest BCUT2D eigenvalue weighted by molar-refractivity contribution is 6.12. The topological polar surface area (TPSA) is 37.2 Å². The second-order valence-electron chi connectivity index (χ2n) is 20.6. The van der Waals surface area contributed by atoms with E-state index in [1.807, 2.05) is 0 Å². The molecule has 0 unspecified atom stereocenters. The summed E-state index contributed by atoms with van der Waals surface area (Å²) in [6.45, 7) is 8.68. The van der Waals surface area contributed by atoms with E-state index in [4.69, 9.17) is 9.97 Å². The van der Waals surface area contributed by atoms with E-state index < -0.39 is 0 Å². The lowest BCUT2D eigenvalue weighted by Gasteiger charge is -2.26. The lowest BCUT2D eigenvalue weighted by molar-refractivity contribution is 1.18. The number of hydrogen-bond acceptors (Lipinski definition) is 4. The molecule has 0 saturated heterocycles. The SMILES string of the molecule is Cc1cccc(-c2cc(-c3ccc(-c4cc(C)c(-c5ccc(-n6c7ccc(N(c8ccccc8)c8ccccc8)cc7c7cc(N(c8ccccc8)c8ccccc8)ccc76)cc5)cc4C)cc3)nc(-c3cccc(C)c3)n2)c1. The molecule has 79 heavy (non-hydrogen) atoms. The molecule has 0 atom stereocenters. The number of aryl methyl sites for hydroxylation is 4. The van der Waals surface area contributed by atoms with Crippen LogP contribution in [0.2, 0.25) is 0 Å². The first-order valence-corrected chi connectivity index (χ1v) is 27.0. The number of aromatic nitrogens is 3. The molecule has 5 nitrogen and oxygen atoms in total. The summed E-state index contributed by atoms with van der Waals surface area (Å²) in [5.41, 5.74) is 24.5. The molecule has 0 amide bonds. The first kappa shape index (κ1) is 48.5. The van der Waals surface area contributed by atoms with Crippen LogP contribution in [0.5, 0.6) is 0 Å². The van der Waals surface area contributed by atoms with Gasteiger partial charge < -0.3 is 14.4 Å². The van der Waals surface area contributed by atoms with Crippen LogP contribution < -0.4 is 9.80 Å². The van der Waals surface area contributed by atoms with Crippen LogP contribution >= 0.6 is 0 Å². The molecule has 0 spiro atoms. The zero-order valence-electron chi connectivity index (χ0n) is 44.7. The van der Waals surface area contributed by atoms with Crippen molar-refractivity contribution in [2.75, 3.05) is 9.80 Å². The van der Waals surface area contributed by atoms with Gasteiger partial charge in [0.2, 0.25) is 0 Å². The summed E-state index contributed by atoms with van der Waals surface area (Å²) in [6, 6.07) is 98.1. The third-order valence-electron chi connectivity index (χ3n) is 15.1. The first-order chi connectivity index (χ1) is 38.8. The Morgan fingerprint density at radius 3 is 1.13 bits per heavy atom. The molecule has 378 valence electrons. The van der Waals surface area contributed by atoms with Crippen molar-refractivity contribution in [3.63, 3.8) is 0 Å². The largest absolute Gasteiger partial charge is 0.310 e. The highest BCUT2D eigenvalue weighted by Crippen LogP contribution is 2.43. The number of rotatable bonds is 12. The number of para-hydroxylation sites is 4. The zero-order chi connectivity index (χ0) is 53.4. The van der Waals surface area contributed by atoms with E-state index in [9.17, 15) is 0 Å². The number of hydrogen-bond donors (Lipinski definition) is 0. The van der Waals surface area contributed by atoms with Gasteiger partial charge in [0.05, 0.1) is 22.4 Å². The summed E-state index contributed by atoms with van der Waals surface area (Å²) < 4.78 is 2.42. The Morgan fingerprint density at radius 1 is 0.291 bits per heavy atom. The highest BCUT2D eigenvalue weighted by Gasteiger charge is 2.21. The van der Waals surface area contributed by atoms with E-state index >= 15 is 0 Å². The van der Waals surface area contributed by atoms with E-state index in [-0.39, 0.29) is 0 Å². The molecule has 13 rings (SSSR count). The Kier molecular flexibility index (Phi) is 12.8. The predicted molar refractivity (Wildman–Crippen MR) is 332 cm³/mol. The van der Waals surface area contributed by atoms with Gasteiger partial charge >= 0.3 is 0 Å². The van der Waals surface area contributed by atoms with Crippen molar-refractivity contribution in [2.24, 2.45) is 0 Å². The molecule has 0 aliphatic carbocycles. The second-order valence-corrected chi connectivity index (χ2v) is 20.6. The maximum Gasteiger partial charge on any atom is 0.160 e. The van der Waals surface area contributed by atoms with Crippen molar-refractivity contribution in [1.29, 1.82) is 0 Å². The van der Waals surface area contributed by atoms with Crippen LogP contribution in [-0.4, -0.2) is 14.5 Å². The molecule has 0 aliphatic heterocycles. The molecule has 13 aromatic rings. The van der Waals surface area contributed by atoms with Gasteiger partial charge in [0.15, 0.2) is 5.82 Å². The summed E-state index contributed by atoms with van der Waals surface area (Å²) in [5.74, 6) is 0.722. The molecule has 0 bridgehead atoms. The van der Waals surface area contributed by atoms with Gasteiger partial charge in [-0.1, -0.05) is 169 Å². The molecule has 5 heteroatoms. The van der Waals surface area contributed by atoms with E-state index in [1.54, 1.807) is 0 Å². The number of anilines is 6. The van der Waals surface area contributed by atoms with Crippen LogP contribution in [0.3, 0.4) is 0 Å². The molecule has 0 N–H and O–H groups in total. The van der Waals surface area contributed by atoms with E-state index in [1.165, 1.54) is 55.3 Å². The van der Waals surface area contributed by atoms with Crippen LogP contribution in [0.1, 0.15) is 22.3 Å². The summed E-state index contributed by atoms with van der Waals surface area (Å²) in [7, 11) is 0. The van der Waals surface area contributed by atoms with Crippen LogP contribution in [0.15, 0.2) is 273 Å². The van der Waals surface area contributed by atoms with Gasteiger partial charge in [0.1, 0.15) is 0 Å². The van der Waals surface area contributed by atoms with Gasteiger partial charge in [-0.15, -0.1) is 0 Å². The summed E-state index contributed by atoms with van der Waals surface area (Å²) in [5, 5.41) is 2.34. The molecular formula is C74H57N5. The Bertz CT molecular complexity index is 4040. The fourth-order valence-electron chi connectivity index (χ4n) is 11.3. The van der Waals surface area contributed by atoms with Gasteiger partial charge in [0, 0.05) is 67.3 Å². The Morgan fingerprint density at radius 2 is 0.684 bits per heavy atom. The molecule has 2 heterocycles. The van der Waals surface area contributed by atoms with Gasteiger partial charge in [-0.05, 0) is 176 Å². The van der Waals surface area contributed by atoms with Gasteiger partial charge in [-0.2, -0.15) is 0 Å². The number of benzene rings is 11. The summed E-state index contributed by atoms with van der Waals surface area (Å²) in [6.07, 6.45) is 0. The van der Waals surface area contributed by atoms with E-state index in [0.29, 0.717) is 0 Å². The number of fused-ring (bicyclic) bond motifs is 3. The van der Waals surface area contributed by atoms with Crippen LogP contribution in [0.4, 0.5) is 34.1 Å². The molecule has 2 aromatic heterocycles.